The highest BCUT2D eigenvalue weighted by molar-refractivity contribution is 5.85. The SMILES string of the molecule is COC(=O)[C@@H](Cc1ccc(F)cc1)NC(=O)Cc1cc(C(F)(F)F)cc(C(F)(F)F)c1. The van der Waals surface area contributed by atoms with Crippen molar-refractivity contribution in [2.45, 2.75) is 31.2 Å². The number of carbonyl (C=O) groups is 2. The molecule has 0 radical (unpaired) electrons. The monoisotopic (exact) mass is 451 g/mol. The number of esters is 1. The van der Waals surface area contributed by atoms with Gasteiger partial charge in [0.05, 0.1) is 24.7 Å². The van der Waals surface area contributed by atoms with Crippen LogP contribution in [0.1, 0.15) is 22.3 Å². The Labute approximate surface area is 172 Å². The second kappa shape index (κ2) is 9.36. The van der Waals surface area contributed by atoms with E-state index < -0.39 is 59.2 Å². The number of hydrogen-bond donors (Lipinski definition) is 1. The molecule has 0 spiro atoms. The van der Waals surface area contributed by atoms with Crippen molar-refractivity contribution < 1.29 is 45.1 Å². The molecule has 2 aromatic rings. The molecule has 0 aliphatic heterocycles. The molecule has 31 heavy (non-hydrogen) atoms. The van der Waals surface area contributed by atoms with Crippen LogP contribution in [0.15, 0.2) is 42.5 Å². The summed E-state index contributed by atoms with van der Waals surface area (Å²) in [5, 5.41) is 2.23. The van der Waals surface area contributed by atoms with Gasteiger partial charge in [-0.25, -0.2) is 9.18 Å². The molecule has 0 bridgehead atoms. The van der Waals surface area contributed by atoms with E-state index in [1.54, 1.807) is 0 Å². The van der Waals surface area contributed by atoms with E-state index in [1.165, 1.54) is 12.1 Å². The van der Waals surface area contributed by atoms with Gasteiger partial charge in [0.15, 0.2) is 0 Å². The fraction of sp³-hybridized carbons (Fsp3) is 0.300. The van der Waals surface area contributed by atoms with E-state index in [0.29, 0.717) is 17.7 Å². The maximum atomic E-state index is 13.0. The fourth-order valence-corrected chi connectivity index (χ4v) is 2.74. The van der Waals surface area contributed by atoms with Crippen molar-refractivity contribution in [1.82, 2.24) is 5.32 Å². The zero-order chi connectivity index (χ0) is 23.4. The Bertz CT molecular complexity index is 905. The minimum atomic E-state index is -5.05. The predicted octanol–water partition coefficient (Wildman–Crippen LogP) is 4.31. The maximum Gasteiger partial charge on any atom is 0.416 e. The van der Waals surface area contributed by atoms with Crippen molar-refractivity contribution in [1.29, 1.82) is 0 Å². The lowest BCUT2D eigenvalue weighted by molar-refractivity contribution is -0.145. The summed E-state index contributed by atoms with van der Waals surface area (Å²) in [5.41, 5.74) is -3.21. The van der Waals surface area contributed by atoms with Gasteiger partial charge in [0.1, 0.15) is 11.9 Å². The number of halogens is 7. The van der Waals surface area contributed by atoms with Crippen molar-refractivity contribution in [3.05, 3.63) is 70.5 Å². The summed E-state index contributed by atoms with van der Waals surface area (Å²) in [6, 6.07) is 4.46. The largest absolute Gasteiger partial charge is 0.467 e. The first-order chi connectivity index (χ1) is 14.3. The van der Waals surface area contributed by atoms with E-state index in [-0.39, 0.29) is 12.5 Å². The topological polar surface area (TPSA) is 55.4 Å². The lowest BCUT2D eigenvalue weighted by Crippen LogP contribution is -2.43. The van der Waals surface area contributed by atoms with Crippen LogP contribution in [-0.2, 0) is 39.5 Å². The van der Waals surface area contributed by atoms with E-state index in [9.17, 15) is 40.3 Å². The molecule has 2 rings (SSSR count). The van der Waals surface area contributed by atoms with Gasteiger partial charge >= 0.3 is 18.3 Å². The van der Waals surface area contributed by atoms with E-state index >= 15 is 0 Å². The van der Waals surface area contributed by atoms with Gasteiger partial charge in [0.25, 0.3) is 0 Å². The first-order valence-electron chi connectivity index (χ1n) is 8.69. The highest BCUT2D eigenvalue weighted by Crippen LogP contribution is 2.36. The standard InChI is InChI=1S/C20H16F7NO3/c1-31-18(30)16(8-11-2-4-15(21)5-3-11)28-17(29)9-12-6-13(19(22,23)24)10-14(7-12)20(25,26)27/h2-7,10,16H,8-9H2,1H3,(H,28,29)/t16-/m1/s1. The minimum Gasteiger partial charge on any atom is -0.467 e. The Hall–Kier alpha value is -3.11. The second-order valence-corrected chi connectivity index (χ2v) is 6.56. The number of hydrogen-bond acceptors (Lipinski definition) is 3. The first-order valence-corrected chi connectivity index (χ1v) is 8.69. The van der Waals surface area contributed by atoms with Gasteiger partial charge in [-0.3, -0.25) is 4.79 Å². The molecule has 1 atom stereocenters. The Balaban J connectivity index is 2.23. The molecule has 2 aromatic carbocycles. The fourth-order valence-electron chi connectivity index (χ4n) is 2.74. The number of benzene rings is 2. The van der Waals surface area contributed by atoms with Crippen molar-refractivity contribution in [3.8, 4) is 0 Å². The minimum absolute atomic E-state index is 0.0484. The lowest BCUT2D eigenvalue weighted by atomic mass is 10.0. The Kier molecular flexibility index (Phi) is 7.29. The number of rotatable bonds is 6. The van der Waals surface area contributed by atoms with Gasteiger partial charge in [-0.05, 0) is 41.5 Å². The molecule has 0 fully saturated rings. The van der Waals surface area contributed by atoms with Crippen molar-refractivity contribution in [2.75, 3.05) is 7.11 Å². The van der Waals surface area contributed by atoms with E-state index in [2.05, 4.69) is 10.1 Å². The molecule has 1 amide bonds. The van der Waals surface area contributed by atoms with Gasteiger partial charge < -0.3 is 10.1 Å². The van der Waals surface area contributed by atoms with Gasteiger partial charge in [-0.15, -0.1) is 0 Å². The molecule has 0 saturated heterocycles. The van der Waals surface area contributed by atoms with Gasteiger partial charge in [0, 0.05) is 6.42 Å². The molecule has 0 unspecified atom stereocenters. The lowest BCUT2D eigenvalue weighted by Gasteiger charge is -2.18. The average Bonchev–Trinajstić information content (AvgIpc) is 2.66. The third-order valence-electron chi connectivity index (χ3n) is 4.19. The predicted molar refractivity (Wildman–Crippen MR) is 94.2 cm³/mol. The van der Waals surface area contributed by atoms with Gasteiger partial charge in [-0.1, -0.05) is 12.1 Å². The van der Waals surface area contributed by atoms with Crippen LogP contribution in [-0.4, -0.2) is 25.0 Å². The Morgan fingerprint density at radius 3 is 1.87 bits per heavy atom. The smallest absolute Gasteiger partial charge is 0.416 e. The van der Waals surface area contributed by atoms with Gasteiger partial charge in [0.2, 0.25) is 5.91 Å². The average molecular weight is 451 g/mol. The van der Waals surface area contributed by atoms with Crippen LogP contribution < -0.4 is 5.32 Å². The van der Waals surface area contributed by atoms with Crippen molar-refractivity contribution in [2.24, 2.45) is 0 Å². The number of carbonyl (C=O) groups excluding carboxylic acids is 2. The number of ether oxygens (including phenoxy) is 1. The number of nitrogens with one attached hydrogen (secondary N) is 1. The van der Waals surface area contributed by atoms with E-state index in [0.717, 1.165) is 19.2 Å². The normalized spacial score (nSPS) is 12.9. The quantitative estimate of drug-likeness (QED) is 0.526. The van der Waals surface area contributed by atoms with Crippen LogP contribution in [0.3, 0.4) is 0 Å². The second-order valence-electron chi connectivity index (χ2n) is 6.56. The maximum absolute atomic E-state index is 13.0. The highest BCUT2D eigenvalue weighted by Gasteiger charge is 2.37. The summed E-state index contributed by atoms with van der Waals surface area (Å²) in [7, 11) is 1.04. The molecule has 0 heterocycles. The summed E-state index contributed by atoms with van der Waals surface area (Å²) in [5.74, 6) is -2.42. The highest BCUT2D eigenvalue weighted by atomic mass is 19.4. The molecular weight excluding hydrogens is 435 g/mol. The number of methoxy groups -OCH3 is 1. The molecule has 0 aliphatic carbocycles. The van der Waals surface area contributed by atoms with Gasteiger partial charge in [-0.2, -0.15) is 26.3 Å². The van der Waals surface area contributed by atoms with E-state index in [4.69, 9.17) is 0 Å². The number of amides is 1. The molecule has 0 aromatic heterocycles. The first kappa shape index (κ1) is 24.2. The summed E-state index contributed by atoms with van der Waals surface area (Å²) < 4.78 is 95.3. The van der Waals surface area contributed by atoms with Crippen LogP contribution in [0.2, 0.25) is 0 Å². The molecule has 1 N–H and O–H groups in total. The van der Waals surface area contributed by atoms with Crippen LogP contribution in [0.4, 0.5) is 30.7 Å². The van der Waals surface area contributed by atoms with Crippen LogP contribution >= 0.6 is 0 Å². The summed E-state index contributed by atoms with van der Waals surface area (Å²) >= 11 is 0. The Morgan fingerprint density at radius 1 is 0.903 bits per heavy atom. The third kappa shape index (κ3) is 6.97. The van der Waals surface area contributed by atoms with Crippen LogP contribution in [0.25, 0.3) is 0 Å². The van der Waals surface area contributed by atoms with E-state index in [1.807, 2.05) is 0 Å². The molecule has 168 valence electrons. The van der Waals surface area contributed by atoms with Crippen molar-refractivity contribution >= 4 is 11.9 Å². The molecule has 4 nitrogen and oxygen atoms in total. The summed E-state index contributed by atoms with van der Waals surface area (Å²) in [4.78, 5) is 24.2. The van der Waals surface area contributed by atoms with Crippen LogP contribution in [0, 0.1) is 5.82 Å². The summed E-state index contributed by atoms with van der Waals surface area (Å²) in [6.07, 6.45) is -11.1. The third-order valence-corrected chi connectivity index (χ3v) is 4.19. The molecule has 0 saturated carbocycles. The molecular formula is C20H16F7NO3. The zero-order valence-electron chi connectivity index (χ0n) is 15.9. The number of alkyl halides is 6. The molecule has 11 heteroatoms. The zero-order valence-corrected chi connectivity index (χ0v) is 15.9. The van der Waals surface area contributed by atoms with Crippen LogP contribution in [0.5, 0.6) is 0 Å². The Morgan fingerprint density at radius 2 is 1.42 bits per heavy atom. The summed E-state index contributed by atoms with van der Waals surface area (Å²) in [6.45, 7) is 0. The molecule has 0 aliphatic rings. The van der Waals surface area contributed by atoms with Crippen molar-refractivity contribution in [3.63, 3.8) is 0 Å².